The molecule has 0 saturated heterocycles. The van der Waals surface area contributed by atoms with Crippen LogP contribution in [0.25, 0.3) is 0 Å². The third-order valence-corrected chi connectivity index (χ3v) is 3.58. The van der Waals surface area contributed by atoms with Crippen LogP contribution >= 0.6 is 23.2 Å². The first-order valence-corrected chi connectivity index (χ1v) is 6.34. The summed E-state index contributed by atoms with van der Waals surface area (Å²) in [5, 5.41) is 3.62. The van der Waals surface area contributed by atoms with Gasteiger partial charge in [0.15, 0.2) is 0 Å². The number of nitrogens with two attached hydrogens (primary N) is 1. The SMILES string of the molecule is NCC(NC(=O)c1c(Cl)cccc1Cl)C1CC1. The van der Waals surface area contributed by atoms with Crippen LogP contribution in [0.3, 0.4) is 0 Å². The summed E-state index contributed by atoms with van der Waals surface area (Å²) in [5.41, 5.74) is 5.96. The molecule has 3 nitrogen and oxygen atoms in total. The molecule has 17 heavy (non-hydrogen) atoms. The fourth-order valence-corrected chi connectivity index (χ4v) is 2.39. The fraction of sp³-hybridized carbons (Fsp3) is 0.417. The van der Waals surface area contributed by atoms with E-state index in [1.54, 1.807) is 18.2 Å². The fourth-order valence-electron chi connectivity index (χ4n) is 1.82. The van der Waals surface area contributed by atoms with Crippen molar-refractivity contribution in [2.24, 2.45) is 11.7 Å². The first-order chi connectivity index (χ1) is 8.13. The molecule has 0 aliphatic heterocycles. The number of rotatable bonds is 4. The standard InChI is InChI=1S/C12H14Cl2N2O/c13-8-2-1-3-9(14)11(8)12(17)16-10(6-15)7-4-5-7/h1-3,7,10H,4-6,15H2,(H,16,17). The van der Waals surface area contributed by atoms with E-state index in [0.717, 1.165) is 12.8 Å². The number of halogens is 2. The second-order valence-corrected chi connectivity index (χ2v) is 5.06. The summed E-state index contributed by atoms with van der Waals surface area (Å²) in [4.78, 5) is 12.1. The highest BCUT2D eigenvalue weighted by Crippen LogP contribution is 2.32. The molecule has 1 fully saturated rings. The lowest BCUT2D eigenvalue weighted by atomic mass is 10.1. The molecule has 3 N–H and O–H groups in total. The molecule has 1 unspecified atom stereocenters. The van der Waals surface area contributed by atoms with Gasteiger partial charge in [0, 0.05) is 12.6 Å². The van der Waals surface area contributed by atoms with Gasteiger partial charge in [0.2, 0.25) is 0 Å². The molecule has 1 aliphatic carbocycles. The molecule has 0 bridgehead atoms. The number of carbonyl (C=O) groups excluding carboxylic acids is 1. The Bertz CT molecular complexity index is 412. The monoisotopic (exact) mass is 272 g/mol. The van der Waals surface area contributed by atoms with Crippen LogP contribution in [0.15, 0.2) is 18.2 Å². The van der Waals surface area contributed by atoms with E-state index in [1.165, 1.54) is 0 Å². The molecular formula is C12H14Cl2N2O. The number of hydrogen-bond donors (Lipinski definition) is 2. The highest BCUT2D eigenvalue weighted by atomic mass is 35.5. The maximum Gasteiger partial charge on any atom is 0.254 e. The lowest BCUT2D eigenvalue weighted by Gasteiger charge is -2.17. The van der Waals surface area contributed by atoms with Crippen molar-refractivity contribution in [3.63, 3.8) is 0 Å². The van der Waals surface area contributed by atoms with E-state index in [-0.39, 0.29) is 11.9 Å². The average molecular weight is 273 g/mol. The van der Waals surface area contributed by atoms with Crippen LogP contribution in [0.4, 0.5) is 0 Å². The normalized spacial score (nSPS) is 16.6. The molecular weight excluding hydrogens is 259 g/mol. The van der Waals surface area contributed by atoms with Crippen molar-refractivity contribution >= 4 is 29.1 Å². The molecule has 0 spiro atoms. The molecule has 2 rings (SSSR count). The Hall–Kier alpha value is -0.770. The van der Waals surface area contributed by atoms with Crippen LogP contribution in [0.5, 0.6) is 0 Å². The quantitative estimate of drug-likeness (QED) is 0.885. The predicted molar refractivity (Wildman–Crippen MR) is 69.5 cm³/mol. The van der Waals surface area contributed by atoms with Crippen LogP contribution in [0, 0.1) is 5.92 Å². The lowest BCUT2D eigenvalue weighted by molar-refractivity contribution is 0.0934. The van der Waals surface area contributed by atoms with Crippen LogP contribution in [0.2, 0.25) is 10.0 Å². The van der Waals surface area contributed by atoms with Crippen LogP contribution < -0.4 is 11.1 Å². The van der Waals surface area contributed by atoms with Gasteiger partial charge < -0.3 is 11.1 Å². The molecule has 1 amide bonds. The topological polar surface area (TPSA) is 55.1 Å². The van der Waals surface area contributed by atoms with Gasteiger partial charge in [-0.3, -0.25) is 4.79 Å². The lowest BCUT2D eigenvalue weighted by Crippen LogP contribution is -2.41. The second kappa shape index (κ2) is 5.25. The minimum atomic E-state index is -0.247. The van der Waals surface area contributed by atoms with Crippen molar-refractivity contribution in [1.82, 2.24) is 5.32 Å². The van der Waals surface area contributed by atoms with Crippen LogP contribution in [-0.2, 0) is 0 Å². The van der Waals surface area contributed by atoms with Gasteiger partial charge in [-0.1, -0.05) is 29.3 Å². The van der Waals surface area contributed by atoms with Crippen molar-refractivity contribution in [3.8, 4) is 0 Å². The van der Waals surface area contributed by atoms with E-state index >= 15 is 0 Å². The van der Waals surface area contributed by atoms with E-state index in [4.69, 9.17) is 28.9 Å². The Morgan fingerprint density at radius 2 is 2.00 bits per heavy atom. The molecule has 1 aliphatic rings. The summed E-state index contributed by atoms with van der Waals surface area (Å²) in [6, 6.07) is 5.03. The highest BCUT2D eigenvalue weighted by molar-refractivity contribution is 6.39. The Morgan fingerprint density at radius 1 is 1.41 bits per heavy atom. The number of carbonyl (C=O) groups is 1. The third kappa shape index (κ3) is 2.92. The maximum absolute atomic E-state index is 12.1. The van der Waals surface area contributed by atoms with Gasteiger partial charge in [0.1, 0.15) is 0 Å². The summed E-state index contributed by atoms with van der Waals surface area (Å²) in [5.74, 6) is 0.258. The maximum atomic E-state index is 12.1. The molecule has 1 saturated carbocycles. The minimum absolute atomic E-state index is 0.0230. The van der Waals surface area contributed by atoms with E-state index in [1.807, 2.05) is 0 Å². The number of hydrogen-bond acceptors (Lipinski definition) is 2. The van der Waals surface area contributed by atoms with Crippen molar-refractivity contribution in [2.75, 3.05) is 6.54 Å². The Balaban J connectivity index is 2.13. The first-order valence-electron chi connectivity index (χ1n) is 5.58. The van der Waals surface area contributed by atoms with Gasteiger partial charge in [-0.05, 0) is 30.9 Å². The molecule has 1 aromatic carbocycles. The van der Waals surface area contributed by atoms with E-state index in [0.29, 0.717) is 28.1 Å². The van der Waals surface area contributed by atoms with E-state index < -0.39 is 0 Å². The van der Waals surface area contributed by atoms with Gasteiger partial charge in [-0.2, -0.15) is 0 Å². The van der Waals surface area contributed by atoms with Crippen LogP contribution in [0.1, 0.15) is 23.2 Å². The molecule has 0 heterocycles. The predicted octanol–water partition coefficient (Wildman–Crippen LogP) is 2.46. The second-order valence-electron chi connectivity index (χ2n) is 4.25. The van der Waals surface area contributed by atoms with Crippen molar-refractivity contribution < 1.29 is 4.79 Å². The van der Waals surface area contributed by atoms with E-state index in [9.17, 15) is 4.79 Å². The smallest absolute Gasteiger partial charge is 0.254 e. The summed E-state index contributed by atoms with van der Waals surface area (Å²) < 4.78 is 0. The zero-order valence-corrected chi connectivity index (χ0v) is 10.8. The first kappa shape index (κ1) is 12.7. The number of nitrogens with one attached hydrogen (secondary N) is 1. The zero-order valence-electron chi connectivity index (χ0n) is 9.25. The summed E-state index contributed by atoms with van der Waals surface area (Å²) in [7, 11) is 0. The van der Waals surface area contributed by atoms with Crippen molar-refractivity contribution in [2.45, 2.75) is 18.9 Å². The molecule has 92 valence electrons. The van der Waals surface area contributed by atoms with Crippen LogP contribution in [-0.4, -0.2) is 18.5 Å². The van der Waals surface area contributed by atoms with E-state index in [2.05, 4.69) is 5.32 Å². The molecule has 0 aromatic heterocycles. The Labute approximate surface area is 110 Å². The Kier molecular flexibility index (Phi) is 3.92. The van der Waals surface area contributed by atoms with Gasteiger partial charge in [-0.15, -0.1) is 0 Å². The molecule has 1 atom stereocenters. The van der Waals surface area contributed by atoms with Crippen molar-refractivity contribution in [3.05, 3.63) is 33.8 Å². The van der Waals surface area contributed by atoms with Crippen molar-refractivity contribution in [1.29, 1.82) is 0 Å². The summed E-state index contributed by atoms with van der Waals surface area (Å²) in [6.45, 7) is 0.443. The zero-order chi connectivity index (χ0) is 12.4. The largest absolute Gasteiger partial charge is 0.348 e. The molecule has 0 radical (unpaired) electrons. The van der Waals surface area contributed by atoms with Gasteiger partial charge in [-0.25, -0.2) is 0 Å². The third-order valence-electron chi connectivity index (χ3n) is 2.95. The van der Waals surface area contributed by atoms with Gasteiger partial charge in [0.25, 0.3) is 5.91 Å². The average Bonchev–Trinajstić information content (AvgIpc) is 3.09. The van der Waals surface area contributed by atoms with Gasteiger partial charge in [0.05, 0.1) is 15.6 Å². The minimum Gasteiger partial charge on any atom is -0.348 e. The number of benzene rings is 1. The number of amides is 1. The Morgan fingerprint density at radius 3 is 2.47 bits per heavy atom. The summed E-state index contributed by atoms with van der Waals surface area (Å²) >= 11 is 11.9. The summed E-state index contributed by atoms with van der Waals surface area (Å²) in [6.07, 6.45) is 2.25. The highest BCUT2D eigenvalue weighted by Gasteiger charge is 2.32. The molecule has 5 heteroatoms. The van der Waals surface area contributed by atoms with Gasteiger partial charge >= 0.3 is 0 Å². The molecule has 1 aromatic rings.